The van der Waals surface area contributed by atoms with Crippen LogP contribution in [0.25, 0.3) is 0 Å². The summed E-state index contributed by atoms with van der Waals surface area (Å²) >= 11 is 1.52. The Morgan fingerprint density at radius 2 is 2.17 bits per heavy atom. The van der Waals surface area contributed by atoms with Crippen LogP contribution in [-0.2, 0) is 5.60 Å². The average molecular weight is 335 g/mol. The number of hydrogen-bond donors (Lipinski definition) is 2. The van der Waals surface area contributed by atoms with Crippen LogP contribution >= 0.6 is 11.3 Å². The van der Waals surface area contributed by atoms with E-state index >= 15 is 0 Å². The lowest BCUT2D eigenvalue weighted by Crippen LogP contribution is -2.38. The van der Waals surface area contributed by atoms with Crippen molar-refractivity contribution in [1.82, 2.24) is 15.1 Å². The molecule has 0 fully saturated rings. The third-order valence-electron chi connectivity index (χ3n) is 4.18. The molecule has 1 atom stereocenters. The largest absolute Gasteiger partial charge is 0.384 e. The molecule has 5 nitrogen and oxygen atoms in total. The maximum Gasteiger partial charge on any atom is 0.271 e. The Kier molecular flexibility index (Phi) is 5.59. The normalized spacial score (nSPS) is 14.0. The van der Waals surface area contributed by atoms with E-state index in [9.17, 15) is 9.90 Å². The van der Waals surface area contributed by atoms with Gasteiger partial charge in [-0.2, -0.15) is 16.4 Å². The highest BCUT2D eigenvalue weighted by Crippen LogP contribution is 2.22. The second kappa shape index (κ2) is 7.27. The number of aromatic nitrogens is 2. The number of thiophene rings is 1. The van der Waals surface area contributed by atoms with Crippen LogP contribution in [0.1, 0.15) is 61.4 Å². The molecule has 0 bridgehead atoms. The molecule has 0 aliphatic rings. The van der Waals surface area contributed by atoms with Crippen LogP contribution in [0, 0.1) is 6.92 Å². The monoisotopic (exact) mass is 335 g/mol. The van der Waals surface area contributed by atoms with Gasteiger partial charge in [0.05, 0.1) is 12.6 Å². The number of nitrogens with one attached hydrogen (secondary N) is 1. The lowest BCUT2D eigenvalue weighted by molar-refractivity contribution is 0.0528. The highest BCUT2D eigenvalue weighted by atomic mass is 32.1. The second-order valence-corrected chi connectivity index (χ2v) is 6.83. The van der Waals surface area contributed by atoms with E-state index in [1.54, 1.807) is 13.0 Å². The van der Waals surface area contributed by atoms with Crippen molar-refractivity contribution in [2.24, 2.45) is 0 Å². The molecule has 2 aromatic rings. The predicted molar refractivity (Wildman–Crippen MR) is 92.8 cm³/mol. The molecule has 0 saturated carbocycles. The zero-order chi connectivity index (χ0) is 17.0. The van der Waals surface area contributed by atoms with Gasteiger partial charge in [-0.05, 0) is 55.1 Å². The lowest BCUT2D eigenvalue weighted by atomic mass is 9.99. The van der Waals surface area contributed by atoms with Gasteiger partial charge >= 0.3 is 0 Å². The Labute approximate surface area is 141 Å². The van der Waals surface area contributed by atoms with E-state index < -0.39 is 5.60 Å². The van der Waals surface area contributed by atoms with E-state index in [4.69, 9.17) is 0 Å². The highest BCUT2D eigenvalue weighted by Gasteiger charge is 2.25. The van der Waals surface area contributed by atoms with E-state index in [1.807, 2.05) is 28.4 Å². The minimum atomic E-state index is -1.08. The van der Waals surface area contributed by atoms with Gasteiger partial charge in [-0.3, -0.25) is 9.48 Å². The first kappa shape index (κ1) is 17.7. The highest BCUT2D eigenvalue weighted by molar-refractivity contribution is 7.08. The molecule has 2 rings (SSSR count). The molecule has 2 aromatic heterocycles. The molecule has 0 aliphatic heterocycles. The Bertz CT molecular complexity index is 643. The van der Waals surface area contributed by atoms with Gasteiger partial charge in [0.2, 0.25) is 0 Å². The van der Waals surface area contributed by atoms with Gasteiger partial charge in [-0.1, -0.05) is 13.8 Å². The molecule has 0 saturated heterocycles. The standard InChI is InChI=1S/C17H25N3O2S/c1-5-14(6-2)20-12(3)9-15(19-20)16(21)18-11-17(4,22)13-7-8-23-10-13/h7-10,14,22H,5-6,11H2,1-4H3,(H,18,21). The summed E-state index contributed by atoms with van der Waals surface area (Å²) in [4.78, 5) is 12.3. The van der Waals surface area contributed by atoms with E-state index in [0.717, 1.165) is 24.1 Å². The molecule has 1 unspecified atom stereocenters. The van der Waals surface area contributed by atoms with Gasteiger partial charge < -0.3 is 10.4 Å². The molecule has 126 valence electrons. The van der Waals surface area contributed by atoms with Crippen molar-refractivity contribution in [3.63, 3.8) is 0 Å². The number of nitrogens with zero attached hydrogens (tertiary/aromatic N) is 2. The SMILES string of the molecule is CCC(CC)n1nc(C(=O)NCC(C)(O)c2ccsc2)cc1C. The van der Waals surface area contributed by atoms with Crippen molar-refractivity contribution < 1.29 is 9.90 Å². The maximum absolute atomic E-state index is 12.3. The number of aliphatic hydroxyl groups is 1. The molecule has 2 heterocycles. The number of aryl methyl sites for hydroxylation is 1. The molecular weight excluding hydrogens is 310 g/mol. The summed E-state index contributed by atoms with van der Waals surface area (Å²) in [7, 11) is 0. The van der Waals surface area contributed by atoms with Crippen LogP contribution in [0.5, 0.6) is 0 Å². The van der Waals surface area contributed by atoms with Crippen molar-refractivity contribution >= 4 is 17.2 Å². The quantitative estimate of drug-likeness (QED) is 0.816. The van der Waals surface area contributed by atoms with Crippen LogP contribution in [0.4, 0.5) is 0 Å². The Morgan fingerprint density at radius 1 is 1.48 bits per heavy atom. The molecule has 0 aromatic carbocycles. The fourth-order valence-corrected chi connectivity index (χ4v) is 3.40. The molecule has 0 radical (unpaired) electrons. The number of hydrogen-bond acceptors (Lipinski definition) is 4. The lowest BCUT2D eigenvalue weighted by Gasteiger charge is -2.22. The fraction of sp³-hybridized carbons (Fsp3) is 0.529. The van der Waals surface area contributed by atoms with Crippen LogP contribution < -0.4 is 5.32 Å². The topological polar surface area (TPSA) is 67.2 Å². The summed E-state index contributed by atoms with van der Waals surface area (Å²) in [5.74, 6) is -0.256. The third-order valence-corrected chi connectivity index (χ3v) is 4.86. The summed E-state index contributed by atoms with van der Waals surface area (Å²) < 4.78 is 1.92. The number of carbonyl (C=O) groups is 1. The van der Waals surface area contributed by atoms with Gasteiger partial charge in [0, 0.05) is 5.69 Å². The Morgan fingerprint density at radius 3 is 2.74 bits per heavy atom. The first-order valence-corrected chi connectivity index (χ1v) is 8.92. The Balaban J connectivity index is 2.05. The van der Waals surface area contributed by atoms with Crippen molar-refractivity contribution in [3.05, 3.63) is 39.8 Å². The number of rotatable bonds is 7. The maximum atomic E-state index is 12.3. The fourth-order valence-electron chi connectivity index (χ4n) is 2.62. The van der Waals surface area contributed by atoms with Crippen LogP contribution in [0.15, 0.2) is 22.9 Å². The Hall–Kier alpha value is -1.66. The second-order valence-electron chi connectivity index (χ2n) is 6.05. The van der Waals surface area contributed by atoms with Crippen molar-refractivity contribution in [3.8, 4) is 0 Å². The van der Waals surface area contributed by atoms with E-state index in [2.05, 4.69) is 24.3 Å². The van der Waals surface area contributed by atoms with Crippen molar-refractivity contribution in [2.45, 2.75) is 52.2 Å². The van der Waals surface area contributed by atoms with Gasteiger partial charge in [-0.25, -0.2) is 0 Å². The van der Waals surface area contributed by atoms with Crippen molar-refractivity contribution in [1.29, 1.82) is 0 Å². The number of amides is 1. The van der Waals surface area contributed by atoms with E-state index in [1.165, 1.54) is 11.3 Å². The van der Waals surface area contributed by atoms with E-state index in [0.29, 0.717) is 11.7 Å². The van der Waals surface area contributed by atoms with Crippen LogP contribution in [0.2, 0.25) is 0 Å². The molecule has 0 aliphatic carbocycles. The molecule has 1 amide bonds. The van der Waals surface area contributed by atoms with Crippen molar-refractivity contribution in [2.75, 3.05) is 6.54 Å². The van der Waals surface area contributed by atoms with E-state index in [-0.39, 0.29) is 12.5 Å². The van der Waals surface area contributed by atoms with Gasteiger partial charge in [-0.15, -0.1) is 0 Å². The molecule has 2 N–H and O–H groups in total. The average Bonchev–Trinajstić information content (AvgIpc) is 3.17. The molecule has 0 spiro atoms. The van der Waals surface area contributed by atoms with Crippen LogP contribution in [0.3, 0.4) is 0 Å². The molecular formula is C17H25N3O2S. The number of carbonyl (C=O) groups excluding carboxylic acids is 1. The summed E-state index contributed by atoms with van der Waals surface area (Å²) in [5.41, 5.74) is 1.10. The van der Waals surface area contributed by atoms with Gasteiger partial charge in [0.15, 0.2) is 0 Å². The first-order valence-electron chi connectivity index (χ1n) is 7.98. The van der Waals surface area contributed by atoms with Crippen LogP contribution in [-0.4, -0.2) is 27.3 Å². The molecule has 6 heteroatoms. The first-order chi connectivity index (χ1) is 10.9. The predicted octanol–water partition coefficient (Wildman–Crippen LogP) is 3.25. The zero-order valence-corrected chi connectivity index (χ0v) is 15.0. The smallest absolute Gasteiger partial charge is 0.271 e. The summed E-state index contributed by atoms with van der Waals surface area (Å²) in [6.45, 7) is 8.05. The summed E-state index contributed by atoms with van der Waals surface area (Å²) in [6.07, 6.45) is 1.96. The minimum absolute atomic E-state index is 0.152. The summed E-state index contributed by atoms with van der Waals surface area (Å²) in [6, 6.07) is 3.97. The third kappa shape index (κ3) is 4.00. The summed E-state index contributed by atoms with van der Waals surface area (Å²) in [5, 5.41) is 21.5. The van der Waals surface area contributed by atoms with Gasteiger partial charge in [0.25, 0.3) is 5.91 Å². The minimum Gasteiger partial charge on any atom is -0.384 e. The van der Waals surface area contributed by atoms with Gasteiger partial charge in [0.1, 0.15) is 11.3 Å². The zero-order valence-electron chi connectivity index (χ0n) is 14.2. The molecule has 23 heavy (non-hydrogen) atoms.